The molecule has 0 aliphatic heterocycles. The molecule has 110 valence electrons. The summed E-state index contributed by atoms with van der Waals surface area (Å²) in [6.45, 7) is 3.11. The second-order valence-corrected chi connectivity index (χ2v) is 4.21. The quantitative estimate of drug-likeness (QED) is 0.431. The SMILES string of the molecule is CCCNc1cc(NCCC(=O)OC)cc([N+](=O)[O-])c1. The van der Waals surface area contributed by atoms with Crippen molar-refractivity contribution in [3.63, 3.8) is 0 Å². The lowest BCUT2D eigenvalue weighted by molar-refractivity contribution is -0.384. The Morgan fingerprint density at radius 3 is 2.35 bits per heavy atom. The van der Waals surface area contributed by atoms with Crippen molar-refractivity contribution in [3.8, 4) is 0 Å². The second kappa shape index (κ2) is 7.98. The van der Waals surface area contributed by atoms with Gasteiger partial charge in [-0.2, -0.15) is 0 Å². The monoisotopic (exact) mass is 281 g/mol. The number of non-ortho nitro benzene ring substituents is 1. The normalized spacial score (nSPS) is 9.90. The number of hydrogen-bond acceptors (Lipinski definition) is 6. The van der Waals surface area contributed by atoms with Crippen LogP contribution in [0.2, 0.25) is 0 Å². The van der Waals surface area contributed by atoms with Gasteiger partial charge < -0.3 is 15.4 Å². The van der Waals surface area contributed by atoms with Gasteiger partial charge in [-0.1, -0.05) is 6.92 Å². The summed E-state index contributed by atoms with van der Waals surface area (Å²) in [5, 5.41) is 17.0. The number of ether oxygens (including phenoxy) is 1. The predicted octanol–water partition coefficient (Wildman–Crippen LogP) is 2.39. The highest BCUT2D eigenvalue weighted by Crippen LogP contribution is 2.24. The fourth-order valence-corrected chi connectivity index (χ4v) is 1.60. The van der Waals surface area contributed by atoms with Gasteiger partial charge in [-0.25, -0.2) is 0 Å². The average Bonchev–Trinajstić information content (AvgIpc) is 2.44. The number of carbonyl (C=O) groups excluding carboxylic acids is 1. The van der Waals surface area contributed by atoms with Gasteiger partial charge in [0, 0.05) is 36.6 Å². The molecular formula is C13H19N3O4. The van der Waals surface area contributed by atoms with Gasteiger partial charge in [0.05, 0.1) is 18.5 Å². The smallest absolute Gasteiger partial charge is 0.307 e. The topological polar surface area (TPSA) is 93.5 Å². The van der Waals surface area contributed by atoms with Crippen LogP contribution < -0.4 is 10.6 Å². The number of nitro benzene ring substituents is 1. The Kier molecular flexibility index (Phi) is 6.28. The lowest BCUT2D eigenvalue weighted by Gasteiger charge is -2.09. The third-order valence-corrected chi connectivity index (χ3v) is 2.59. The van der Waals surface area contributed by atoms with Crippen molar-refractivity contribution in [2.75, 3.05) is 30.8 Å². The number of methoxy groups -OCH3 is 1. The Balaban J connectivity index is 2.75. The molecule has 0 spiro atoms. The van der Waals surface area contributed by atoms with Gasteiger partial charge in [0.2, 0.25) is 0 Å². The fourth-order valence-electron chi connectivity index (χ4n) is 1.60. The molecule has 1 aromatic carbocycles. The van der Waals surface area contributed by atoms with E-state index in [2.05, 4.69) is 15.4 Å². The molecule has 0 amide bonds. The molecule has 0 saturated heterocycles. The molecule has 7 nitrogen and oxygen atoms in total. The first-order valence-electron chi connectivity index (χ1n) is 6.41. The minimum absolute atomic E-state index is 0.00618. The largest absolute Gasteiger partial charge is 0.469 e. The van der Waals surface area contributed by atoms with Crippen molar-refractivity contribution in [3.05, 3.63) is 28.3 Å². The van der Waals surface area contributed by atoms with Gasteiger partial charge in [0.15, 0.2) is 0 Å². The van der Waals surface area contributed by atoms with Crippen LogP contribution in [-0.4, -0.2) is 31.1 Å². The van der Waals surface area contributed by atoms with Gasteiger partial charge in [0.25, 0.3) is 5.69 Å². The summed E-state index contributed by atoms with van der Waals surface area (Å²) >= 11 is 0. The average molecular weight is 281 g/mol. The highest BCUT2D eigenvalue weighted by atomic mass is 16.6. The highest BCUT2D eigenvalue weighted by molar-refractivity contribution is 5.70. The Labute approximate surface area is 117 Å². The number of nitro groups is 1. The van der Waals surface area contributed by atoms with Crippen LogP contribution in [0.15, 0.2) is 18.2 Å². The van der Waals surface area contributed by atoms with Crippen LogP contribution in [-0.2, 0) is 9.53 Å². The van der Waals surface area contributed by atoms with Gasteiger partial charge in [-0.3, -0.25) is 14.9 Å². The molecule has 0 unspecified atom stereocenters. The fraction of sp³-hybridized carbons (Fsp3) is 0.462. The third-order valence-electron chi connectivity index (χ3n) is 2.59. The van der Waals surface area contributed by atoms with Crippen LogP contribution in [0, 0.1) is 10.1 Å². The van der Waals surface area contributed by atoms with E-state index in [1.807, 2.05) is 6.92 Å². The Morgan fingerprint density at radius 2 is 1.85 bits per heavy atom. The Bertz CT molecular complexity index is 477. The van der Waals surface area contributed by atoms with Crippen LogP contribution in [0.5, 0.6) is 0 Å². The summed E-state index contributed by atoms with van der Waals surface area (Å²) in [7, 11) is 1.32. The molecule has 1 aromatic rings. The first kappa shape index (κ1) is 15.7. The molecular weight excluding hydrogens is 262 g/mol. The maximum absolute atomic E-state index is 11.0. The molecule has 0 fully saturated rings. The highest BCUT2D eigenvalue weighted by Gasteiger charge is 2.10. The van der Waals surface area contributed by atoms with Gasteiger partial charge in [-0.15, -0.1) is 0 Å². The summed E-state index contributed by atoms with van der Waals surface area (Å²) < 4.78 is 4.53. The summed E-state index contributed by atoms with van der Waals surface area (Å²) in [5.41, 5.74) is 1.29. The molecule has 0 radical (unpaired) electrons. The Morgan fingerprint density at radius 1 is 1.25 bits per heavy atom. The number of anilines is 2. The van der Waals surface area contributed by atoms with E-state index >= 15 is 0 Å². The van der Waals surface area contributed by atoms with E-state index in [1.165, 1.54) is 19.2 Å². The molecule has 0 heterocycles. The molecule has 0 saturated carbocycles. The van der Waals surface area contributed by atoms with Crippen LogP contribution in [0.3, 0.4) is 0 Å². The van der Waals surface area contributed by atoms with Gasteiger partial charge in [-0.05, 0) is 12.5 Å². The van der Waals surface area contributed by atoms with Crippen molar-refractivity contribution in [1.29, 1.82) is 0 Å². The van der Waals surface area contributed by atoms with E-state index < -0.39 is 4.92 Å². The van der Waals surface area contributed by atoms with Crippen molar-refractivity contribution in [1.82, 2.24) is 0 Å². The number of esters is 1. The Hall–Kier alpha value is -2.31. The minimum atomic E-state index is -0.442. The first-order chi connectivity index (χ1) is 9.56. The molecule has 0 aromatic heterocycles. The lowest BCUT2D eigenvalue weighted by Crippen LogP contribution is -2.10. The van der Waals surface area contributed by atoms with Gasteiger partial charge in [0.1, 0.15) is 0 Å². The lowest BCUT2D eigenvalue weighted by atomic mass is 10.2. The zero-order valence-electron chi connectivity index (χ0n) is 11.6. The number of carbonyl (C=O) groups is 1. The molecule has 0 aliphatic carbocycles. The molecule has 0 aliphatic rings. The second-order valence-electron chi connectivity index (χ2n) is 4.21. The first-order valence-corrected chi connectivity index (χ1v) is 6.41. The molecule has 7 heteroatoms. The number of rotatable bonds is 8. The van der Waals surface area contributed by atoms with E-state index in [0.29, 0.717) is 17.9 Å². The molecule has 0 atom stereocenters. The standard InChI is InChI=1S/C13H19N3O4/c1-3-5-14-10-7-11(9-12(8-10)16(18)19)15-6-4-13(17)20-2/h7-9,14-15H,3-6H2,1-2H3. The summed E-state index contributed by atoms with van der Waals surface area (Å²) in [4.78, 5) is 21.4. The third kappa shape index (κ3) is 5.13. The van der Waals surface area contributed by atoms with Crippen LogP contribution in [0.1, 0.15) is 19.8 Å². The zero-order valence-corrected chi connectivity index (χ0v) is 11.6. The van der Waals surface area contributed by atoms with E-state index in [0.717, 1.165) is 13.0 Å². The van der Waals surface area contributed by atoms with Crippen LogP contribution >= 0.6 is 0 Å². The van der Waals surface area contributed by atoms with Crippen LogP contribution in [0.4, 0.5) is 17.1 Å². The van der Waals surface area contributed by atoms with Crippen molar-refractivity contribution in [2.24, 2.45) is 0 Å². The van der Waals surface area contributed by atoms with Gasteiger partial charge >= 0.3 is 5.97 Å². The van der Waals surface area contributed by atoms with E-state index in [1.54, 1.807) is 6.07 Å². The molecule has 2 N–H and O–H groups in total. The number of benzene rings is 1. The maximum atomic E-state index is 11.0. The van der Waals surface area contributed by atoms with E-state index in [-0.39, 0.29) is 18.1 Å². The van der Waals surface area contributed by atoms with Crippen molar-refractivity contribution < 1.29 is 14.5 Å². The molecule has 20 heavy (non-hydrogen) atoms. The zero-order chi connectivity index (χ0) is 15.0. The summed E-state index contributed by atoms with van der Waals surface area (Å²) in [5.74, 6) is -0.327. The molecule has 1 rings (SSSR count). The predicted molar refractivity (Wildman–Crippen MR) is 77.0 cm³/mol. The van der Waals surface area contributed by atoms with Crippen molar-refractivity contribution >= 4 is 23.0 Å². The summed E-state index contributed by atoms with van der Waals surface area (Å²) in [6, 6.07) is 4.70. The minimum Gasteiger partial charge on any atom is -0.469 e. The molecule has 0 bridgehead atoms. The maximum Gasteiger partial charge on any atom is 0.307 e. The summed E-state index contributed by atoms with van der Waals surface area (Å²) in [6.07, 6.45) is 1.13. The van der Waals surface area contributed by atoms with Crippen LogP contribution in [0.25, 0.3) is 0 Å². The number of nitrogens with one attached hydrogen (secondary N) is 2. The number of nitrogens with zero attached hydrogens (tertiary/aromatic N) is 1. The van der Waals surface area contributed by atoms with E-state index in [4.69, 9.17) is 0 Å². The number of hydrogen-bond donors (Lipinski definition) is 2. The van der Waals surface area contributed by atoms with Crippen molar-refractivity contribution in [2.45, 2.75) is 19.8 Å². The van der Waals surface area contributed by atoms with E-state index in [9.17, 15) is 14.9 Å².